The number of rotatable bonds is 2. The second kappa shape index (κ2) is 8.52. The number of pyridine rings is 1. The molecule has 9 nitrogen and oxygen atoms in total. The second-order valence-electron chi connectivity index (χ2n) is 7.25. The van der Waals surface area contributed by atoms with Gasteiger partial charge in [-0.05, 0) is 25.0 Å². The third-order valence-electron chi connectivity index (χ3n) is 5.24. The van der Waals surface area contributed by atoms with E-state index in [2.05, 4.69) is 26.0 Å². The Hall–Kier alpha value is -3.07. The van der Waals surface area contributed by atoms with Gasteiger partial charge in [0.05, 0.1) is 11.9 Å². The van der Waals surface area contributed by atoms with Crippen LogP contribution in [-0.2, 0) is 11.8 Å². The van der Waals surface area contributed by atoms with E-state index < -0.39 is 6.09 Å². The molecule has 2 aliphatic heterocycles. The highest BCUT2D eigenvalue weighted by atomic mass is 16.5. The summed E-state index contributed by atoms with van der Waals surface area (Å²) in [7, 11) is 1.89. The number of hydrogen-bond donors (Lipinski definition) is 2. The van der Waals surface area contributed by atoms with Crippen LogP contribution in [0.4, 0.5) is 10.5 Å². The molecule has 2 N–H and O–H groups in total. The third kappa shape index (κ3) is 4.34. The van der Waals surface area contributed by atoms with Crippen LogP contribution in [0, 0.1) is 0 Å². The van der Waals surface area contributed by atoms with E-state index in [0.717, 1.165) is 41.2 Å². The number of carboxylic acid groups (broad SMARTS) is 1. The van der Waals surface area contributed by atoms with E-state index in [0.29, 0.717) is 26.2 Å². The highest BCUT2D eigenvalue weighted by Crippen LogP contribution is 2.30. The largest absolute Gasteiger partial charge is 0.465 e. The first kappa shape index (κ1) is 19.3. The molecule has 0 spiro atoms. The van der Waals surface area contributed by atoms with Crippen LogP contribution in [0.2, 0.25) is 0 Å². The summed E-state index contributed by atoms with van der Waals surface area (Å²) in [4.78, 5) is 22.5. The van der Waals surface area contributed by atoms with Gasteiger partial charge in [0.1, 0.15) is 5.65 Å². The van der Waals surface area contributed by atoms with Gasteiger partial charge in [-0.15, -0.1) is 0 Å². The zero-order chi connectivity index (χ0) is 20.2. The van der Waals surface area contributed by atoms with Crippen molar-refractivity contribution in [3.05, 3.63) is 30.7 Å². The van der Waals surface area contributed by atoms with Crippen molar-refractivity contribution < 1.29 is 14.6 Å². The van der Waals surface area contributed by atoms with Crippen molar-refractivity contribution in [1.82, 2.24) is 24.6 Å². The molecule has 1 amide bonds. The van der Waals surface area contributed by atoms with Crippen LogP contribution in [-0.4, -0.2) is 75.2 Å². The highest BCUT2D eigenvalue weighted by Gasteiger charge is 2.22. The summed E-state index contributed by atoms with van der Waals surface area (Å²) >= 11 is 0. The number of piperazine rings is 1. The van der Waals surface area contributed by atoms with Crippen molar-refractivity contribution >= 4 is 22.8 Å². The molecule has 5 heterocycles. The molecule has 0 unspecified atom stereocenters. The van der Waals surface area contributed by atoms with Crippen LogP contribution in [0.15, 0.2) is 30.7 Å². The Labute approximate surface area is 168 Å². The van der Waals surface area contributed by atoms with Crippen LogP contribution >= 0.6 is 0 Å². The van der Waals surface area contributed by atoms with Gasteiger partial charge in [-0.25, -0.2) is 9.78 Å². The smallest absolute Gasteiger partial charge is 0.407 e. The van der Waals surface area contributed by atoms with Crippen molar-refractivity contribution in [2.75, 3.05) is 44.3 Å². The molecule has 0 atom stereocenters. The number of nitrogens with zero attached hydrogens (tertiary/aromatic N) is 5. The number of anilines is 1. The molecule has 29 heavy (non-hydrogen) atoms. The Morgan fingerprint density at radius 3 is 2.55 bits per heavy atom. The van der Waals surface area contributed by atoms with Crippen LogP contribution in [0.5, 0.6) is 0 Å². The summed E-state index contributed by atoms with van der Waals surface area (Å²) in [5.74, 6) is 0. The van der Waals surface area contributed by atoms with Gasteiger partial charge in [-0.1, -0.05) is 0 Å². The average Bonchev–Trinajstić information content (AvgIpc) is 3.49. The molecule has 3 aromatic rings. The van der Waals surface area contributed by atoms with E-state index in [1.54, 1.807) is 10.9 Å². The molecule has 0 saturated carbocycles. The van der Waals surface area contributed by atoms with Gasteiger partial charge < -0.3 is 24.6 Å². The van der Waals surface area contributed by atoms with Gasteiger partial charge in [-0.3, -0.25) is 4.68 Å². The number of aromatic nitrogens is 4. The highest BCUT2D eigenvalue weighted by molar-refractivity contribution is 5.93. The number of aryl methyl sites for hydroxylation is 1. The third-order valence-corrected chi connectivity index (χ3v) is 5.24. The van der Waals surface area contributed by atoms with E-state index in [9.17, 15) is 4.79 Å². The Morgan fingerprint density at radius 1 is 1.21 bits per heavy atom. The Morgan fingerprint density at radius 2 is 1.97 bits per heavy atom. The molecule has 0 aliphatic carbocycles. The molecule has 0 bridgehead atoms. The SMILES string of the molecule is C1CCOC1.Cn1cc(-c2cc3c(N4CCN(C(=O)O)CC4)ccnc3[nH]2)cn1. The first-order valence-corrected chi connectivity index (χ1v) is 9.89. The van der Waals surface area contributed by atoms with E-state index in [4.69, 9.17) is 9.84 Å². The minimum Gasteiger partial charge on any atom is -0.465 e. The average molecular weight is 398 g/mol. The van der Waals surface area contributed by atoms with Crippen molar-refractivity contribution in [3.8, 4) is 11.3 Å². The van der Waals surface area contributed by atoms with Crippen molar-refractivity contribution in [2.24, 2.45) is 7.05 Å². The zero-order valence-electron chi connectivity index (χ0n) is 16.5. The van der Waals surface area contributed by atoms with Gasteiger partial charge in [0.2, 0.25) is 0 Å². The summed E-state index contributed by atoms with van der Waals surface area (Å²) in [6, 6.07) is 4.07. The molecule has 0 aromatic carbocycles. The van der Waals surface area contributed by atoms with Crippen LogP contribution in [0.3, 0.4) is 0 Å². The number of H-pyrrole nitrogens is 1. The number of nitrogens with one attached hydrogen (secondary N) is 1. The van der Waals surface area contributed by atoms with Gasteiger partial charge in [0, 0.05) is 75.5 Å². The van der Waals surface area contributed by atoms with Crippen molar-refractivity contribution in [2.45, 2.75) is 12.8 Å². The molecule has 5 rings (SSSR count). The molecule has 3 aromatic heterocycles. The molecule has 0 radical (unpaired) electrons. The van der Waals surface area contributed by atoms with Gasteiger partial charge in [0.15, 0.2) is 0 Å². The second-order valence-corrected chi connectivity index (χ2v) is 7.25. The van der Waals surface area contributed by atoms with E-state index in [1.165, 1.54) is 17.7 Å². The summed E-state index contributed by atoms with van der Waals surface area (Å²) in [6.45, 7) is 4.38. The predicted octanol–water partition coefficient (Wildman–Crippen LogP) is 2.56. The van der Waals surface area contributed by atoms with E-state index in [1.807, 2.05) is 25.5 Å². The predicted molar refractivity (Wildman–Crippen MR) is 110 cm³/mol. The zero-order valence-corrected chi connectivity index (χ0v) is 16.5. The fraction of sp³-hybridized carbons (Fsp3) is 0.450. The summed E-state index contributed by atoms with van der Waals surface area (Å²) in [5.41, 5.74) is 3.89. The molecule has 2 saturated heterocycles. The molecule has 2 fully saturated rings. The lowest BCUT2D eigenvalue weighted by Crippen LogP contribution is -2.48. The molecule has 9 heteroatoms. The first-order chi connectivity index (χ1) is 14.1. The Kier molecular flexibility index (Phi) is 5.66. The van der Waals surface area contributed by atoms with Crippen LogP contribution in [0.1, 0.15) is 12.8 Å². The topological polar surface area (TPSA) is 99.5 Å². The maximum atomic E-state index is 11.1. The summed E-state index contributed by atoms with van der Waals surface area (Å²) in [6.07, 6.45) is 7.26. The minimum atomic E-state index is -0.852. The fourth-order valence-electron chi connectivity index (χ4n) is 3.65. The number of carbonyl (C=O) groups is 1. The van der Waals surface area contributed by atoms with Crippen molar-refractivity contribution in [3.63, 3.8) is 0 Å². The number of ether oxygens (including phenoxy) is 1. The number of aromatic amines is 1. The van der Waals surface area contributed by atoms with E-state index >= 15 is 0 Å². The first-order valence-electron chi connectivity index (χ1n) is 9.89. The standard InChI is InChI=1S/C16H18N6O2.C4H8O/c1-20-10-11(9-18-20)13-8-12-14(2-3-17-15(12)19-13)21-4-6-22(7-5-21)16(23)24;1-2-4-5-3-1/h2-3,8-10H,4-7H2,1H3,(H,17,19)(H,23,24);1-4H2. The Bertz CT molecular complexity index is 962. The molecule has 154 valence electrons. The maximum absolute atomic E-state index is 11.1. The lowest BCUT2D eigenvalue weighted by Gasteiger charge is -2.34. The monoisotopic (exact) mass is 398 g/mol. The maximum Gasteiger partial charge on any atom is 0.407 e. The van der Waals surface area contributed by atoms with Gasteiger partial charge in [-0.2, -0.15) is 5.10 Å². The normalized spacial score (nSPS) is 16.7. The van der Waals surface area contributed by atoms with Crippen LogP contribution in [0.25, 0.3) is 22.3 Å². The number of amides is 1. The van der Waals surface area contributed by atoms with Gasteiger partial charge >= 0.3 is 6.09 Å². The molecular weight excluding hydrogens is 372 g/mol. The van der Waals surface area contributed by atoms with E-state index in [-0.39, 0.29) is 0 Å². The van der Waals surface area contributed by atoms with Crippen LogP contribution < -0.4 is 4.90 Å². The summed E-state index contributed by atoms with van der Waals surface area (Å²) < 4.78 is 6.71. The minimum absolute atomic E-state index is 0.513. The Balaban J connectivity index is 0.000000359. The quantitative estimate of drug-likeness (QED) is 0.688. The molecule has 2 aliphatic rings. The van der Waals surface area contributed by atoms with Gasteiger partial charge in [0.25, 0.3) is 0 Å². The number of fused-ring (bicyclic) bond motifs is 1. The summed E-state index contributed by atoms with van der Waals surface area (Å²) in [5, 5.41) is 14.3. The lowest BCUT2D eigenvalue weighted by molar-refractivity contribution is 0.142. The fourth-order valence-corrected chi connectivity index (χ4v) is 3.65. The number of hydrogen-bond acceptors (Lipinski definition) is 5. The van der Waals surface area contributed by atoms with Crippen molar-refractivity contribution in [1.29, 1.82) is 0 Å². The molecular formula is C20H26N6O3. The lowest BCUT2D eigenvalue weighted by atomic mass is 10.2.